The molecule has 1 saturated carbocycles. The van der Waals surface area contributed by atoms with Gasteiger partial charge >= 0.3 is 0 Å². The van der Waals surface area contributed by atoms with Crippen molar-refractivity contribution >= 4 is 5.91 Å². The number of rotatable bonds is 5. The molecule has 23 heavy (non-hydrogen) atoms. The van der Waals surface area contributed by atoms with Crippen LogP contribution in [-0.4, -0.2) is 33.9 Å². The van der Waals surface area contributed by atoms with Crippen LogP contribution in [0.15, 0.2) is 18.2 Å². The van der Waals surface area contributed by atoms with Gasteiger partial charge in [0.2, 0.25) is 5.91 Å². The topological polar surface area (TPSA) is 83.0 Å². The van der Waals surface area contributed by atoms with Gasteiger partial charge in [0.25, 0.3) is 0 Å². The SMILES string of the molecule is COC1CC(c2nc(CC(N)=O)nn2-c2cc(C)cc(C)c2)C1. The number of hydrogen-bond donors (Lipinski definition) is 1. The van der Waals surface area contributed by atoms with E-state index in [9.17, 15) is 4.79 Å². The molecule has 0 spiro atoms. The summed E-state index contributed by atoms with van der Waals surface area (Å²) in [6.07, 6.45) is 2.20. The minimum absolute atomic E-state index is 0.0607. The van der Waals surface area contributed by atoms with Crippen LogP contribution in [0.2, 0.25) is 0 Å². The number of amides is 1. The molecular weight excluding hydrogens is 292 g/mol. The Balaban J connectivity index is 1.99. The third kappa shape index (κ3) is 3.27. The van der Waals surface area contributed by atoms with Gasteiger partial charge in [-0.15, -0.1) is 0 Å². The number of methoxy groups -OCH3 is 1. The molecule has 0 bridgehead atoms. The van der Waals surface area contributed by atoms with Crippen molar-refractivity contribution in [3.05, 3.63) is 41.0 Å². The van der Waals surface area contributed by atoms with Gasteiger partial charge in [-0.3, -0.25) is 4.79 Å². The van der Waals surface area contributed by atoms with Crippen molar-refractivity contribution in [3.8, 4) is 5.69 Å². The molecule has 1 heterocycles. The molecule has 1 aliphatic rings. The van der Waals surface area contributed by atoms with E-state index >= 15 is 0 Å². The first kappa shape index (κ1) is 15.7. The molecule has 0 saturated heterocycles. The molecule has 3 rings (SSSR count). The number of ether oxygens (including phenoxy) is 1. The predicted molar refractivity (Wildman–Crippen MR) is 86.5 cm³/mol. The number of carbonyl (C=O) groups excluding carboxylic acids is 1. The van der Waals surface area contributed by atoms with E-state index < -0.39 is 5.91 Å². The number of carbonyl (C=O) groups is 1. The Morgan fingerprint density at radius 3 is 2.52 bits per heavy atom. The van der Waals surface area contributed by atoms with Crippen LogP contribution in [0.4, 0.5) is 0 Å². The fraction of sp³-hybridized carbons (Fsp3) is 0.471. The smallest absolute Gasteiger partial charge is 0.225 e. The number of aromatic nitrogens is 3. The van der Waals surface area contributed by atoms with E-state index in [0.29, 0.717) is 11.7 Å². The van der Waals surface area contributed by atoms with Gasteiger partial charge in [-0.2, -0.15) is 5.10 Å². The minimum Gasteiger partial charge on any atom is -0.381 e. The van der Waals surface area contributed by atoms with Crippen molar-refractivity contribution in [2.45, 2.75) is 45.1 Å². The highest BCUT2D eigenvalue weighted by molar-refractivity contribution is 5.75. The van der Waals surface area contributed by atoms with Crippen molar-refractivity contribution in [2.24, 2.45) is 5.73 Å². The van der Waals surface area contributed by atoms with Gasteiger partial charge < -0.3 is 10.5 Å². The molecule has 0 atom stereocenters. The van der Waals surface area contributed by atoms with Gasteiger partial charge in [-0.1, -0.05) is 6.07 Å². The number of nitrogens with zero attached hydrogens (tertiary/aromatic N) is 3. The lowest BCUT2D eigenvalue weighted by molar-refractivity contribution is -0.117. The van der Waals surface area contributed by atoms with Crippen LogP contribution in [-0.2, 0) is 16.0 Å². The zero-order valence-electron chi connectivity index (χ0n) is 13.7. The number of aryl methyl sites for hydroxylation is 2. The lowest BCUT2D eigenvalue weighted by Crippen LogP contribution is -2.30. The van der Waals surface area contributed by atoms with Crippen LogP contribution < -0.4 is 5.73 Å². The third-order valence-corrected chi connectivity index (χ3v) is 4.25. The first-order valence-corrected chi connectivity index (χ1v) is 7.82. The Morgan fingerprint density at radius 1 is 1.30 bits per heavy atom. The van der Waals surface area contributed by atoms with E-state index in [1.807, 2.05) is 4.68 Å². The zero-order chi connectivity index (χ0) is 16.6. The van der Waals surface area contributed by atoms with Crippen molar-refractivity contribution in [2.75, 3.05) is 7.11 Å². The van der Waals surface area contributed by atoms with Gasteiger partial charge in [-0.25, -0.2) is 9.67 Å². The second-order valence-corrected chi connectivity index (χ2v) is 6.31. The number of benzene rings is 1. The quantitative estimate of drug-likeness (QED) is 0.912. The Bertz CT molecular complexity index is 712. The van der Waals surface area contributed by atoms with E-state index in [2.05, 4.69) is 42.1 Å². The summed E-state index contributed by atoms with van der Waals surface area (Å²) in [5.41, 5.74) is 8.60. The summed E-state index contributed by atoms with van der Waals surface area (Å²) >= 11 is 0. The maximum Gasteiger partial charge on any atom is 0.225 e. The summed E-state index contributed by atoms with van der Waals surface area (Å²) in [6.45, 7) is 4.11. The average molecular weight is 314 g/mol. The molecule has 0 unspecified atom stereocenters. The lowest BCUT2D eigenvalue weighted by Gasteiger charge is -2.33. The predicted octanol–water partition coefficient (Wildman–Crippen LogP) is 1.80. The second-order valence-electron chi connectivity index (χ2n) is 6.31. The molecule has 1 amide bonds. The summed E-state index contributed by atoms with van der Waals surface area (Å²) in [7, 11) is 1.73. The van der Waals surface area contributed by atoms with Crippen molar-refractivity contribution in [1.82, 2.24) is 14.8 Å². The van der Waals surface area contributed by atoms with Gasteiger partial charge in [0.05, 0.1) is 18.2 Å². The highest BCUT2D eigenvalue weighted by Crippen LogP contribution is 2.38. The number of primary amides is 1. The highest BCUT2D eigenvalue weighted by Gasteiger charge is 2.34. The largest absolute Gasteiger partial charge is 0.381 e. The maximum absolute atomic E-state index is 11.2. The molecule has 6 heteroatoms. The molecule has 1 aromatic heterocycles. The van der Waals surface area contributed by atoms with E-state index in [4.69, 9.17) is 10.5 Å². The molecule has 6 nitrogen and oxygen atoms in total. The highest BCUT2D eigenvalue weighted by atomic mass is 16.5. The number of hydrogen-bond acceptors (Lipinski definition) is 4. The fourth-order valence-electron chi connectivity index (χ4n) is 3.10. The van der Waals surface area contributed by atoms with Crippen LogP contribution in [0, 0.1) is 13.8 Å². The Kier molecular flexibility index (Phi) is 4.17. The molecule has 2 aromatic rings. The maximum atomic E-state index is 11.2. The van der Waals surface area contributed by atoms with E-state index in [-0.39, 0.29) is 12.5 Å². The Labute approximate surface area is 135 Å². The summed E-state index contributed by atoms with van der Waals surface area (Å²) in [6, 6.07) is 6.27. The summed E-state index contributed by atoms with van der Waals surface area (Å²) in [5, 5.41) is 4.52. The average Bonchev–Trinajstić information content (AvgIpc) is 2.79. The molecule has 122 valence electrons. The number of nitrogens with two attached hydrogens (primary N) is 1. The zero-order valence-corrected chi connectivity index (χ0v) is 13.7. The first-order chi connectivity index (χ1) is 11.0. The summed E-state index contributed by atoms with van der Waals surface area (Å²) in [4.78, 5) is 15.8. The van der Waals surface area contributed by atoms with Crippen LogP contribution >= 0.6 is 0 Å². The van der Waals surface area contributed by atoms with E-state index in [0.717, 1.165) is 24.4 Å². The minimum atomic E-state index is -0.419. The second kappa shape index (κ2) is 6.12. The van der Waals surface area contributed by atoms with Gasteiger partial charge in [0, 0.05) is 13.0 Å². The van der Waals surface area contributed by atoms with Crippen LogP contribution in [0.1, 0.15) is 41.5 Å². The molecular formula is C17H22N4O2. The molecule has 1 fully saturated rings. The monoisotopic (exact) mass is 314 g/mol. The summed E-state index contributed by atoms with van der Waals surface area (Å²) < 4.78 is 7.22. The van der Waals surface area contributed by atoms with Crippen LogP contribution in [0.5, 0.6) is 0 Å². The van der Waals surface area contributed by atoms with Crippen molar-refractivity contribution in [1.29, 1.82) is 0 Å². The van der Waals surface area contributed by atoms with Gasteiger partial charge in [0.1, 0.15) is 5.82 Å². The normalized spacial score (nSPS) is 20.3. The Morgan fingerprint density at radius 2 is 1.96 bits per heavy atom. The molecule has 1 aromatic carbocycles. The molecule has 0 aliphatic heterocycles. The van der Waals surface area contributed by atoms with Gasteiger partial charge in [0.15, 0.2) is 5.82 Å². The first-order valence-electron chi connectivity index (χ1n) is 7.82. The fourth-order valence-corrected chi connectivity index (χ4v) is 3.10. The Hall–Kier alpha value is -2.21. The van der Waals surface area contributed by atoms with Crippen LogP contribution in [0.25, 0.3) is 5.69 Å². The van der Waals surface area contributed by atoms with Gasteiger partial charge in [-0.05, 0) is 49.9 Å². The third-order valence-electron chi connectivity index (χ3n) is 4.25. The van der Waals surface area contributed by atoms with Crippen LogP contribution in [0.3, 0.4) is 0 Å². The molecule has 2 N–H and O–H groups in total. The van der Waals surface area contributed by atoms with E-state index in [1.165, 1.54) is 11.1 Å². The standard InChI is InChI=1S/C17H22N4O2/c1-10-4-11(2)6-13(5-10)21-17(12-7-14(8-12)23-3)19-16(20-21)9-15(18)22/h4-6,12,14H,7-9H2,1-3H3,(H2,18,22). The lowest BCUT2D eigenvalue weighted by atomic mass is 9.81. The van der Waals surface area contributed by atoms with Crippen molar-refractivity contribution in [3.63, 3.8) is 0 Å². The van der Waals surface area contributed by atoms with Crippen molar-refractivity contribution < 1.29 is 9.53 Å². The molecule has 1 aliphatic carbocycles. The molecule has 0 radical (unpaired) electrons. The summed E-state index contributed by atoms with van der Waals surface area (Å²) in [5.74, 6) is 1.25. The van der Waals surface area contributed by atoms with E-state index in [1.54, 1.807) is 7.11 Å².